The van der Waals surface area contributed by atoms with Crippen molar-refractivity contribution < 1.29 is 27.4 Å². The maximum Gasteiger partial charge on any atom is 0.573 e. The van der Waals surface area contributed by atoms with Crippen molar-refractivity contribution in [1.29, 1.82) is 0 Å². The first-order valence-corrected chi connectivity index (χ1v) is 11.6. The van der Waals surface area contributed by atoms with Crippen LogP contribution in [0.4, 0.5) is 18.9 Å². The van der Waals surface area contributed by atoms with Gasteiger partial charge in [0.2, 0.25) is 0 Å². The van der Waals surface area contributed by atoms with Crippen molar-refractivity contribution in [2.45, 2.75) is 39.6 Å². The molecule has 1 fully saturated rings. The van der Waals surface area contributed by atoms with Crippen LogP contribution in [0.2, 0.25) is 0 Å². The Bertz CT molecular complexity index is 1080. The molecule has 0 atom stereocenters. The van der Waals surface area contributed by atoms with E-state index in [4.69, 9.17) is 9.47 Å². The summed E-state index contributed by atoms with van der Waals surface area (Å²) in [6, 6.07) is 19.8. The van der Waals surface area contributed by atoms with Crippen LogP contribution in [0.15, 0.2) is 66.7 Å². The summed E-state index contributed by atoms with van der Waals surface area (Å²) in [7, 11) is 3.20. The van der Waals surface area contributed by atoms with E-state index in [1.54, 1.807) is 26.4 Å². The van der Waals surface area contributed by atoms with E-state index in [-0.39, 0.29) is 5.75 Å². The smallest absolute Gasteiger partial charge is 0.493 e. The molecule has 7 heteroatoms. The lowest BCUT2D eigenvalue weighted by molar-refractivity contribution is -0.274. The molecule has 1 saturated carbocycles. The number of rotatable bonds is 8. The zero-order valence-corrected chi connectivity index (χ0v) is 20.6. The summed E-state index contributed by atoms with van der Waals surface area (Å²) >= 11 is 0. The number of hydrogen-bond acceptors (Lipinski definition) is 4. The van der Waals surface area contributed by atoms with E-state index < -0.39 is 6.36 Å². The van der Waals surface area contributed by atoms with Gasteiger partial charge in [-0.05, 0) is 72.0 Å². The highest BCUT2D eigenvalue weighted by molar-refractivity contribution is 5.68. The lowest BCUT2D eigenvalue weighted by Crippen LogP contribution is -2.22. The van der Waals surface area contributed by atoms with Gasteiger partial charge in [0.15, 0.2) is 11.5 Å². The second kappa shape index (κ2) is 11.9. The molecule has 3 aromatic carbocycles. The van der Waals surface area contributed by atoms with Gasteiger partial charge in [0.25, 0.3) is 0 Å². The van der Waals surface area contributed by atoms with Crippen LogP contribution in [-0.2, 0) is 6.54 Å². The fourth-order valence-electron chi connectivity index (χ4n) is 3.50. The second-order valence-corrected chi connectivity index (χ2v) is 8.51. The van der Waals surface area contributed by atoms with E-state index in [1.807, 2.05) is 43.3 Å². The molecule has 0 unspecified atom stereocenters. The highest BCUT2D eigenvalue weighted by Gasteiger charge is 2.31. The summed E-state index contributed by atoms with van der Waals surface area (Å²) in [6.07, 6.45) is -1.73. The molecule has 0 bridgehead atoms. The average Bonchev–Trinajstić information content (AvgIpc) is 3.64. The third-order valence-corrected chi connectivity index (χ3v) is 5.70. The van der Waals surface area contributed by atoms with Crippen LogP contribution in [0.25, 0.3) is 11.1 Å². The van der Waals surface area contributed by atoms with Crippen LogP contribution >= 0.6 is 0 Å². The Hall–Kier alpha value is -3.35. The van der Waals surface area contributed by atoms with Crippen molar-refractivity contribution in [2.75, 3.05) is 25.7 Å². The number of ether oxygens (including phenoxy) is 3. The molecule has 0 saturated heterocycles. The van der Waals surface area contributed by atoms with Crippen LogP contribution in [0.1, 0.15) is 32.3 Å². The quantitative estimate of drug-likeness (QED) is 0.326. The minimum atomic E-state index is -4.70. The van der Waals surface area contributed by atoms with Gasteiger partial charge in [0.1, 0.15) is 5.75 Å². The van der Waals surface area contributed by atoms with Gasteiger partial charge in [0, 0.05) is 18.8 Å². The first kappa shape index (κ1) is 26.3. The van der Waals surface area contributed by atoms with E-state index in [1.165, 1.54) is 25.0 Å². The van der Waals surface area contributed by atoms with Gasteiger partial charge in [-0.3, -0.25) is 0 Å². The fraction of sp³-hybridized carbons (Fsp3) is 0.357. The standard InChI is InChI=1S/C24H24F3NO3.C4H8/c1-4-28(20-9-11-21(12-10-20)31-24(25,26)27)16-17-6-5-7-18(14-17)19-8-13-22(29-2)23(15-19)30-3;1-4-2-3-4/h5-15H,4,16H2,1-3H3;4H,2-3H2,1H3. The van der Waals surface area contributed by atoms with Crippen LogP contribution in [0.3, 0.4) is 0 Å². The Morgan fingerprint density at radius 2 is 1.49 bits per heavy atom. The SMILES string of the molecule is CC1CC1.CCN(Cc1cccc(-c2ccc(OC)c(OC)c2)c1)c1ccc(OC(F)(F)F)cc1. The van der Waals surface area contributed by atoms with E-state index in [0.717, 1.165) is 28.3 Å². The molecule has 0 aromatic heterocycles. The molecule has 4 nitrogen and oxygen atoms in total. The first-order chi connectivity index (χ1) is 16.7. The molecule has 3 aromatic rings. The number of alkyl halides is 3. The summed E-state index contributed by atoms with van der Waals surface area (Å²) in [6.45, 7) is 5.58. The van der Waals surface area contributed by atoms with Gasteiger partial charge in [0.05, 0.1) is 14.2 Å². The Kier molecular flexibility index (Phi) is 8.90. The molecule has 0 amide bonds. The zero-order chi connectivity index (χ0) is 25.4. The number of nitrogens with zero attached hydrogens (tertiary/aromatic N) is 1. The third-order valence-electron chi connectivity index (χ3n) is 5.70. The van der Waals surface area contributed by atoms with Crippen molar-refractivity contribution in [1.82, 2.24) is 0 Å². The molecule has 1 aliphatic rings. The fourth-order valence-corrected chi connectivity index (χ4v) is 3.50. The van der Waals surface area contributed by atoms with Crippen molar-refractivity contribution in [3.8, 4) is 28.4 Å². The molecule has 0 spiro atoms. The number of anilines is 1. The molecule has 188 valence electrons. The van der Waals surface area contributed by atoms with Gasteiger partial charge in [-0.1, -0.05) is 44.0 Å². The molecule has 35 heavy (non-hydrogen) atoms. The van der Waals surface area contributed by atoms with Crippen LogP contribution < -0.4 is 19.1 Å². The highest BCUT2D eigenvalue weighted by atomic mass is 19.4. The lowest BCUT2D eigenvalue weighted by atomic mass is 10.0. The number of hydrogen-bond donors (Lipinski definition) is 0. The average molecular weight is 488 g/mol. The summed E-state index contributed by atoms with van der Waals surface area (Å²) in [5.74, 6) is 2.17. The molecule has 1 aliphatic carbocycles. The molecular weight excluding hydrogens is 455 g/mol. The van der Waals surface area contributed by atoms with Crippen molar-refractivity contribution >= 4 is 5.69 Å². The van der Waals surface area contributed by atoms with Gasteiger partial charge < -0.3 is 19.1 Å². The molecule has 4 rings (SSSR count). The summed E-state index contributed by atoms with van der Waals surface area (Å²) in [5, 5.41) is 0. The van der Waals surface area contributed by atoms with Gasteiger partial charge >= 0.3 is 6.36 Å². The van der Waals surface area contributed by atoms with E-state index >= 15 is 0 Å². The minimum Gasteiger partial charge on any atom is -0.493 e. The highest BCUT2D eigenvalue weighted by Crippen LogP contribution is 2.33. The van der Waals surface area contributed by atoms with Crippen LogP contribution in [0.5, 0.6) is 17.2 Å². The van der Waals surface area contributed by atoms with E-state index in [2.05, 4.69) is 22.6 Å². The Morgan fingerprint density at radius 1 is 0.857 bits per heavy atom. The summed E-state index contributed by atoms with van der Waals surface area (Å²) in [4.78, 5) is 2.07. The Balaban J connectivity index is 0.000000775. The number of benzene rings is 3. The third kappa shape index (κ3) is 8.12. The summed E-state index contributed by atoms with van der Waals surface area (Å²) in [5.41, 5.74) is 3.91. The van der Waals surface area contributed by atoms with Crippen molar-refractivity contribution in [2.24, 2.45) is 5.92 Å². The van der Waals surface area contributed by atoms with Gasteiger partial charge in [-0.25, -0.2) is 0 Å². The van der Waals surface area contributed by atoms with E-state index in [9.17, 15) is 13.2 Å². The Morgan fingerprint density at radius 3 is 2.03 bits per heavy atom. The molecule has 0 heterocycles. The number of methoxy groups -OCH3 is 2. The maximum atomic E-state index is 12.4. The van der Waals surface area contributed by atoms with Crippen LogP contribution in [0, 0.1) is 5.92 Å². The maximum absolute atomic E-state index is 12.4. The topological polar surface area (TPSA) is 30.9 Å². The molecule has 0 aliphatic heterocycles. The molecule has 0 N–H and O–H groups in total. The number of halogens is 3. The van der Waals surface area contributed by atoms with E-state index in [0.29, 0.717) is 24.6 Å². The van der Waals surface area contributed by atoms with Crippen molar-refractivity contribution in [3.05, 3.63) is 72.3 Å². The largest absolute Gasteiger partial charge is 0.573 e. The summed E-state index contributed by atoms with van der Waals surface area (Å²) < 4.78 is 51.8. The predicted molar refractivity (Wildman–Crippen MR) is 133 cm³/mol. The first-order valence-electron chi connectivity index (χ1n) is 11.6. The molecular formula is C28H32F3NO3. The van der Waals surface area contributed by atoms with Gasteiger partial charge in [-0.2, -0.15) is 0 Å². The monoisotopic (exact) mass is 487 g/mol. The predicted octanol–water partition coefficient (Wildman–Crippen LogP) is 7.71. The Labute approximate surface area is 205 Å². The van der Waals surface area contributed by atoms with Gasteiger partial charge in [-0.15, -0.1) is 13.2 Å². The minimum absolute atomic E-state index is 0.234. The normalized spacial score (nSPS) is 12.9. The van der Waals surface area contributed by atoms with Crippen LogP contribution in [-0.4, -0.2) is 27.1 Å². The zero-order valence-electron chi connectivity index (χ0n) is 20.6. The molecule has 0 radical (unpaired) electrons. The second-order valence-electron chi connectivity index (χ2n) is 8.51. The lowest BCUT2D eigenvalue weighted by Gasteiger charge is -2.24. The van der Waals surface area contributed by atoms with Crippen molar-refractivity contribution in [3.63, 3.8) is 0 Å².